The Hall–Kier alpha value is -1.44. The summed E-state index contributed by atoms with van der Waals surface area (Å²) in [6.07, 6.45) is 1.17. The number of carbonyl (C=O) groups excluding carboxylic acids is 1. The topological polar surface area (TPSA) is 69.7 Å². The summed E-state index contributed by atoms with van der Waals surface area (Å²) in [5.74, 6) is -0.320. The lowest BCUT2D eigenvalue weighted by molar-refractivity contribution is -0.121. The van der Waals surface area contributed by atoms with E-state index in [4.69, 9.17) is 0 Å². The van der Waals surface area contributed by atoms with Crippen molar-refractivity contribution in [2.24, 2.45) is 0 Å². The van der Waals surface area contributed by atoms with Gasteiger partial charge in [-0.25, -0.2) is 8.42 Å². The number of amides is 1. The van der Waals surface area contributed by atoms with Crippen LogP contribution in [-0.2, 0) is 14.6 Å². The molecule has 0 aliphatic carbocycles. The lowest BCUT2D eigenvalue weighted by atomic mass is 10.0. The molecule has 1 unspecified atom stereocenters. The highest BCUT2D eigenvalue weighted by Crippen LogP contribution is 2.22. The van der Waals surface area contributed by atoms with Crippen LogP contribution in [0.15, 0.2) is 24.3 Å². The average molecular weight is 368 g/mol. The molecule has 1 saturated heterocycles. The van der Waals surface area contributed by atoms with Gasteiger partial charge in [-0.1, -0.05) is 29.8 Å². The third-order valence-electron chi connectivity index (χ3n) is 4.63. The van der Waals surface area contributed by atoms with Crippen molar-refractivity contribution < 1.29 is 13.2 Å². The third-order valence-corrected chi connectivity index (χ3v) is 5.58. The van der Waals surface area contributed by atoms with E-state index < -0.39 is 9.84 Å². The Morgan fingerprint density at radius 2 is 1.76 bits per heavy atom. The van der Waals surface area contributed by atoms with Crippen molar-refractivity contribution in [3.05, 3.63) is 35.4 Å². The quantitative estimate of drug-likeness (QED) is 0.773. The molecule has 7 heteroatoms. The van der Waals surface area contributed by atoms with E-state index >= 15 is 0 Å². The van der Waals surface area contributed by atoms with Crippen molar-refractivity contribution in [2.75, 3.05) is 51.8 Å². The van der Waals surface area contributed by atoms with Crippen molar-refractivity contribution in [1.82, 2.24) is 15.1 Å². The normalized spacial score (nSPS) is 18.0. The first-order valence-electron chi connectivity index (χ1n) is 8.68. The number of benzene rings is 1. The molecule has 0 bridgehead atoms. The summed E-state index contributed by atoms with van der Waals surface area (Å²) < 4.78 is 22.4. The van der Waals surface area contributed by atoms with Gasteiger partial charge in [0.15, 0.2) is 0 Å². The van der Waals surface area contributed by atoms with Gasteiger partial charge >= 0.3 is 0 Å². The molecule has 1 N–H and O–H groups in total. The Balaban J connectivity index is 2.01. The Morgan fingerprint density at radius 3 is 2.32 bits per heavy atom. The molecule has 1 amide bonds. The molecule has 0 aromatic heterocycles. The number of nitrogens with one attached hydrogen (secondary N) is 1. The van der Waals surface area contributed by atoms with Gasteiger partial charge in [-0.3, -0.25) is 9.69 Å². The fourth-order valence-electron chi connectivity index (χ4n) is 2.96. The summed E-state index contributed by atoms with van der Waals surface area (Å²) in [5.41, 5.74) is 2.39. The monoisotopic (exact) mass is 367 g/mol. The average Bonchev–Trinajstić information content (AvgIpc) is 2.55. The van der Waals surface area contributed by atoms with E-state index in [0.29, 0.717) is 6.54 Å². The summed E-state index contributed by atoms with van der Waals surface area (Å²) in [4.78, 5) is 16.7. The van der Waals surface area contributed by atoms with Crippen molar-refractivity contribution in [1.29, 1.82) is 0 Å². The number of nitrogens with zero attached hydrogens (tertiary/aromatic N) is 2. The molecule has 1 heterocycles. The predicted octanol–water partition coefficient (Wildman–Crippen LogP) is 0.834. The molecule has 1 aliphatic heterocycles. The molecule has 1 aliphatic rings. The van der Waals surface area contributed by atoms with Crippen LogP contribution >= 0.6 is 0 Å². The van der Waals surface area contributed by atoms with E-state index in [9.17, 15) is 13.2 Å². The van der Waals surface area contributed by atoms with Crippen LogP contribution < -0.4 is 5.32 Å². The largest absolute Gasteiger partial charge is 0.354 e. The van der Waals surface area contributed by atoms with Crippen LogP contribution in [0.4, 0.5) is 0 Å². The highest BCUT2D eigenvalue weighted by molar-refractivity contribution is 7.90. The van der Waals surface area contributed by atoms with Gasteiger partial charge in [0.1, 0.15) is 9.84 Å². The zero-order chi connectivity index (χ0) is 18.4. The second kappa shape index (κ2) is 8.78. The first-order chi connectivity index (χ1) is 11.7. The van der Waals surface area contributed by atoms with Crippen LogP contribution in [0.1, 0.15) is 23.6 Å². The van der Waals surface area contributed by atoms with E-state index in [2.05, 4.69) is 53.4 Å². The lowest BCUT2D eigenvalue weighted by Gasteiger charge is -2.38. The highest BCUT2D eigenvalue weighted by Gasteiger charge is 2.24. The summed E-state index contributed by atoms with van der Waals surface area (Å²) in [5, 5.41) is 2.92. The molecule has 0 spiro atoms. The van der Waals surface area contributed by atoms with Gasteiger partial charge in [0.25, 0.3) is 0 Å². The van der Waals surface area contributed by atoms with Gasteiger partial charge < -0.3 is 10.2 Å². The molecule has 140 valence electrons. The third kappa shape index (κ3) is 6.76. The van der Waals surface area contributed by atoms with Gasteiger partial charge in [0.2, 0.25) is 5.91 Å². The fraction of sp³-hybridized carbons (Fsp3) is 0.611. The van der Waals surface area contributed by atoms with E-state index in [1.807, 2.05) is 0 Å². The second-order valence-electron chi connectivity index (χ2n) is 6.95. The minimum absolute atomic E-state index is 0.0161. The predicted molar refractivity (Wildman–Crippen MR) is 100 cm³/mol. The van der Waals surface area contributed by atoms with Crippen LogP contribution in [-0.4, -0.2) is 75.9 Å². The Labute approximate surface area is 151 Å². The molecule has 1 atom stereocenters. The van der Waals surface area contributed by atoms with Crippen LogP contribution in [0, 0.1) is 6.92 Å². The molecule has 1 fully saturated rings. The zero-order valence-electron chi connectivity index (χ0n) is 15.4. The van der Waals surface area contributed by atoms with Crippen LogP contribution in [0.2, 0.25) is 0 Å². The molecule has 25 heavy (non-hydrogen) atoms. The zero-order valence-corrected chi connectivity index (χ0v) is 16.2. The molecule has 1 aromatic rings. The molecular formula is C18H29N3O3S. The number of hydrogen-bond acceptors (Lipinski definition) is 5. The number of piperazine rings is 1. The maximum absolute atomic E-state index is 12.0. The van der Waals surface area contributed by atoms with Gasteiger partial charge in [-0.05, 0) is 19.5 Å². The van der Waals surface area contributed by atoms with Crippen LogP contribution in [0.5, 0.6) is 0 Å². The molecular weight excluding hydrogens is 338 g/mol. The fourth-order valence-corrected chi connectivity index (χ4v) is 3.51. The van der Waals surface area contributed by atoms with E-state index in [-0.39, 0.29) is 24.1 Å². The second-order valence-corrected chi connectivity index (χ2v) is 9.21. The van der Waals surface area contributed by atoms with Crippen molar-refractivity contribution in [2.45, 2.75) is 19.4 Å². The van der Waals surface area contributed by atoms with Gasteiger partial charge in [0.05, 0.1) is 11.8 Å². The van der Waals surface area contributed by atoms with E-state index in [0.717, 1.165) is 32.4 Å². The molecule has 2 rings (SSSR count). The number of aryl methyl sites for hydroxylation is 1. The van der Waals surface area contributed by atoms with Gasteiger partial charge in [0, 0.05) is 45.4 Å². The lowest BCUT2D eigenvalue weighted by Crippen LogP contribution is -2.48. The van der Waals surface area contributed by atoms with Crippen molar-refractivity contribution in [3.8, 4) is 0 Å². The number of likely N-dealkylation sites (N-methyl/N-ethyl adjacent to an activating group) is 1. The summed E-state index contributed by atoms with van der Waals surface area (Å²) in [6, 6.07) is 8.51. The standard InChI is InChI=1S/C18H29N3O3S/c1-15-4-6-16(7-5-15)17(21-11-9-20(2)10-12-21)14-19-18(22)8-13-25(3,23)24/h4-7,17H,8-14H2,1-3H3,(H,19,22). The number of hydrogen-bond donors (Lipinski definition) is 1. The first kappa shape index (κ1) is 19.9. The van der Waals surface area contributed by atoms with E-state index in [1.54, 1.807) is 0 Å². The summed E-state index contributed by atoms with van der Waals surface area (Å²) in [6.45, 7) is 6.47. The minimum atomic E-state index is -3.12. The van der Waals surface area contributed by atoms with Crippen LogP contribution in [0.3, 0.4) is 0 Å². The maximum atomic E-state index is 12.0. The first-order valence-corrected chi connectivity index (χ1v) is 10.7. The Bertz CT molecular complexity index is 665. The molecule has 0 saturated carbocycles. The molecule has 6 nitrogen and oxygen atoms in total. The van der Waals surface area contributed by atoms with E-state index in [1.165, 1.54) is 11.1 Å². The highest BCUT2D eigenvalue weighted by atomic mass is 32.2. The van der Waals surface area contributed by atoms with Crippen molar-refractivity contribution in [3.63, 3.8) is 0 Å². The number of sulfone groups is 1. The summed E-state index contributed by atoms with van der Waals surface area (Å²) in [7, 11) is -1.00. The van der Waals surface area contributed by atoms with Gasteiger partial charge in [-0.15, -0.1) is 0 Å². The minimum Gasteiger partial charge on any atom is -0.354 e. The van der Waals surface area contributed by atoms with Gasteiger partial charge in [-0.2, -0.15) is 0 Å². The molecule has 0 radical (unpaired) electrons. The number of carbonyl (C=O) groups is 1. The van der Waals surface area contributed by atoms with Crippen molar-refractivity contribution >= 4 is 15.7 Å². The maximum Gasteiger partial charge on any atom is 0.221 e. The summed E-state index contributed by atoms with van der Waals surface area (Å²) >= 11 is 0. The Kier molecular flexibility index (Phi) is 6.98. The van der Waals surface area contributed by atoms with Crippen LogP contribution in [0.25, 0.3) is 0 Å². The smallest absolute Gasteiger partial charge is 0.221 e. The Morgan fingerprint density at radius 1 is 1.16 bits per heavy atom. The molecule has 1 aromatic carbocycles. The SMILES string of the molecule is Cc1ccc(C(CNC(=O)CCS(C)(=O)=O)N2CCN(C)CC2)cc1. The number of rotatable bonds is 7.